The van der Waals surface area contributed by atoms with Gasteiger partial charge in [-0.2, -0.15) is 5.10 Å². The predicted molar refractivity (Wildman–Crippen MR) is 178 cm³/mol. The highest BCUT2D eigenvalue weighted by Gasteiger charge is 2.55. The van der Waals surface area contributed by atoms with Crippen LogP contribution in [0, 0.1) is 0 Å². The number of thiazole rings is 1. The molecule has 240 valence electrons. The van der Waals surface area contributed by atoms with Crippen molar-refractivity contribution in [3.05, 3.63) is 111 Å². The van der Waals surface area contributed by atoms with Gasteiger partial charge in [-0.15, -0.1) is 34.9 Å². The van der Waals surface area contributed by atoms with Gasteiger partial charge in [0.25, 0.3) is 11.8 Å². The summed E-state index contributed by atoms with van der Waals surface area (Å²) in [5.41, 5.74) is 8.07. The Kier molecular flexibility index (Phi) is 9.70. The van der Waals surface area contributed by atoms with E-state index in [1.165, 1.54) is 33.8 Å². The first-order chi connectivity index (χ1) is 22.8. The first kappa shape index (κ1) is 32.0. The lowest BCUT2D eigenvalue weighted by atomic mass is 10.0. The molecule has 2 aliphatic heterocycles. The second-order valence-electron chi connectivity index (χ2n) is 10.2. The molecule has 0 radical (unpaired) electrons. The van der Waals surface area contributed by atoms with Gasteiger partial charge in [-0.3, -0.25) is 19.6 Å². The number of benzene rings is 2. The smallest absolute Gasteiger partial charge is 0.356 e. The molecule has 13 nitrogen and oxygen atoms in total. The second kappa shape index (κ2) is 14.2. The first-order valence-electron chi connectivity index (χ1n) is 14.2. The highest BCUT2D eigenvalue weighted by molar-refractivity contribution is 8.05. The van der Waals surface area contributed by atoms with Crippen molar-refractivity contribution in [1.82, 2.24) is 25.4 Å². The Morgan fingerprint density at radius 3 is 2.45 bits per heavy atom. The number of hydrogen-bond acceptors (Lipinski definition) is 13. The number of oxime groups is 1. The van der Waals surface area contributed by atoms with E-state index in [4.69, 9.17) is 15.3 Å². The molecule has 4 N–H and O–H groups in total. The lowest BCUT2D eigenvalue weighted by molar-refractivity contribution is -0.154. The standard InChI is InChI=1S/C31H27N7O6S3/c1-17(39)44-37-23(21-15-47-31(32)35-21)27(40)36-24-28(41)38-25(22(16-46-29(24)38)45-14-18-12-33-34-13-18)30(42)43-26(19-8-4-2-5-9-19)20-10-6-3-7-11-20/h2-13,15,24,26,29H,14,16H2,1H3,(H2,32,35)(H,33,34)(H,36,40)/b37-23-/t24-,29-/m1/s1. The SMILES string of the molecule is CC(=O)O/N=C(\C(=O)N[C@@H]1C(=O)N2C(C(=O)OC(c3ccccc3)c3ccccc3)=C(SCc3cn[nH]c3)CS[C@H]12)c1csc(N)n1. The van der Waals surface area contributed by atoms with Crippen LogP contribution in [0.2, 0.25) is 0 Å². The second-order valence-corrected chi connectivity index (χ2v) is 13.3. The summed E-state index contributed by atoms with van der Waals surface area (Å²) >= 11 is 3.88. The molecular weight excluding hydrogens is 663 g/mol. The molecule has 4 aromatic rings. The minimum Gasteiger partial charge on any atom is -0.448 e. The summed E-state index contributed by atoms with van der Waals surface area (Å²) in [6.07, 6.45) is 2.72. The van der Waals surface area contributed by atoms with Crippen molar-refractivity contribution in [2.75, 3.05) is 11.5 Å². The number of rotatable bonds is 11. The number of fused-ring (bicyclic) bond motifs is 1. The molecule has 2 amide bonds. The normalized spacial score (nSPS) is 17.6. The van der Waals surface area contributed by atoms with Gasteiger partial charge in [0.15, 0.2) is 16.9 Å². The van der Waals surface area contributed by atoms with E-state index in [9.17, 15) is 19.2 Å². The number of nitrogens with zero attached hydrogens (tertiary/aromatic N) is 4. The van der Waals surface area contributed by atoms with Gasteiger partial charge >= 0.3 is 11.9 Å². The number of carbonyl (C=O) groups excluding carboxylic acids is 4. The molecule has 1 fully saturated rings. The summed E-state index contributed by atoms with van der Waals surface area (Å²) in [7, 11) is 0. The molecule has 2 atom stereocenters. The van der Waals surface area contributed by atoms with Gasteiger partial charge in [0, 0.05) is 40.5 Å². The van der Waals surface area contributed by atoms with Crippen LogP contribution in [-0.4, -0.2) is 66.7 Å². The van der Waals surface area contributed by atoms with Crippen molar-refractivity contribution in [2.24, 2.45) is 5.16 Å². The number of nitrogens with one attached hydrogen (secondary N) is 2. The van der Waals surface area contributed by atoms with E-state index in [1.807, 2.05) is 60.7 Å². The molecule has 47 heavy (non-hydrogen) atoms. The summed E-state index contributed by atoms with van der Waals surface area (Å²) in [5.74, 6) is -1.84. The number of hydrogen-bond donors (Lipinski definition) is 3. The molecule has 6 rings (SSSR count). The minimum atomic E-state index is -1.01. The number of H-pyrrole nitrogens is 1. The largest absolute Gasteiger partial charge is 0.448 e. The van der Waals surface area contributed by atoms with Gasteiger partial charge in [-0.1, -0.05) is 65.8 Å². The Bertz CT molecular complexity index is 1810. The van der Waals surface area contributed by atoms with E-state index >= 15 is 0 Å². The zero-order valence-corrected chi connectivity index (χ0v) is 27.1. The van der Waals surface area contributed by atoms with E-state index in [0.717, 1.165) is 35.0 Å². The molecule has 4 heterocycles. The fourth-order valence-corrected chi connectivity index (χ4v) is 7.98. The molecule has 2 aromatic heterocycles. The van der Waals surface area contributed by atoms with Crippen LogP contribution in [0.5, 0.6) is 0 Å². The number of anilines is 1. The molecule has 0 unspecified atom stereocenters. The van der Waals surface area contributed by atoms with Crippen molar-refractivity contribution >= 4 is 69.5 Å². The molecule has 0 aliphatic carbocycles. The Labute approximate surface area is 281 Å². The maximum atomic E-state index is 14.1. The maximum Gasteiger partial charge on any atom is 0.356 e. The lowest BCUT2D eigenvalue weighted by Crippen LogP contribution is -2.71. The number of esters is 1. The van der Waals surface area contributed by atoms with Gasteiger partial charge in [-0.25, -0.2) is 14.6 Å². The number of ether oxygens (including phenoxy) is 1. The third-order valence-corrected chi connectivity index (χ3v) is 10.4. The van der Waals surface area contributed by atoms with Crippen molar-refractivity contribution in [2.45, 2.75) is 30.2 Å². The summed E-state index contributed by atoms with van der Waals surface area (Å²) in [6, 6.07) is 17.7. The van der Waals surface area contributed by atoms with Crippen LogP contribution in [0.3, 0.4) is 0 Å². The average molecular weight is 690 g/mol. The Hall–Kier alpha value is -4.93. The van der Waals surface area contributed by atoms with Crippen molar-refractivity contribution in [1.29, 1.82) is 0 Å². The number of nitrogen functional groups attached to an aromatic ring is 1. The number of nitrogens with two attached hydrogens (primary N) is 1. The Morgan fingerprint density at radius 2 is 1.85 bits per heavy atom. The van der Waals surface area contributed by atoms with E-state index < -0.39 is 41.3 Å². The summed E-state index contributed by atoms with van der Waals surface area (Å²) in [6.45, 7) is 1.13. The van der Waals surface area contributed by atoms with Crippen molar-refractivity contribution < 1.29 is 28.8 Å². The number of thioether (sulfide) groups is 2. The summed E-state index contributed by atoms with van der Waals surface area (Å²) in [4.78, 5) is 63.5. The molecule has 0 bridgehead atoms. The predicted octanol–water partition coefficient (Wildman–Crippen LogP) is 3.59. The van der Waals surface area contributed by atoms with Crippen molar-refractivity contribution in [3.63, 3.8) is 0 Å². The highest BCUT2D eigenvalue weighted by atomic mass is 32.2. The van der Waals surface area contributed by atoms with Crippen molar-refractivity contribution in [3.8, 4) is 0 Å². The number of amides is 2. The number of β-lactam (4-membered cyclic amide) rings is 1. The Balaban J connectivity index is 1.28. The summed E-state index contributed by atoms with van der Waals surface area (Å²) < 4.78 is 6.19. The van der Waals surface area contributed by atoms with Crippen LogP contribution in [-0.2, 0) is 34.5 Å². The Morgan fingerprint density at radius 1 is 1.15 bits per heavy atom. The first-order valence-corrected chi connectivity index (χ1v) is 17.1. The van der Waals surface area contributed by atoms with Crippen LogP contribution in [0.1, 0.15) is 35.4 Å². The number of carbonyl (C=O) groups is 4. The van der Waals surface area contributed by atoms with Gasteiger partial charge in [0.2, 0.25) is 0 Å². The third-order valence-electron chi connectivity index (χ3n) is 7.06. The summed E-state index contributed by atoms with van der Waals surface area (Å²) in [5, 5.41) is 14.1. The fourth-order valence-electron chi connectivity index (χ4n) is 4.89. The van der Waals surface area contributed by atoms with E-state index in [0.29, 0.717) is 16.4 Å². The lowest BCUT2D eigenvalue weighted by Gasteiger charge is -2.49. The zero-order valence-electron chi connectivity index (χ0n) is 24.7. The van der Waals surface area contributed by atoms with Crippen LogP contribution >= 0.6 is 34.9 Å². The van der Waals surface area contributed by atoms with E-state index in [1.54, 1.807) is 12.4 Å². The average Bonchev–Trinajstić information content (AvgIpc) is 3.77. The topological polar surface area (TPSA) is 182 Å². The number of aromatic nitrogens is 3. The molecule has 1 saturated heterocycles. The van der Waals surface area contributed by atoms with Gasteiger partial charge in [0.1, 0.15) is 22.8 Å². The molecule has 0 saturated carbocycles. The zero-order chi connectivity index (χ0) is 32.9. The van der Waals surface area contributed by atoms with Crippen LogP contribution in [0.15, 0.2) is 94.2 Å². The van der Waals surface area contributed by atoms with E-state index in [2.05, 4.69) is 25.7 Å². The fraction of sp³-hybridized carbons (Fsp3) is 0.194. The molecule has 2 aliphatic rings. The monoisotopic (exact) mass is 689 g/mol. The maximum absolute atomic E-state index is 14.1. The minimum absolute atomic E-state index is 0.0844. The van der Waals surface area contributed by atoms with Gasteiger partial charge in [-0.05, 0) is 11.1 Å². The van der Waals surface area contributed by atoms with Crippen LogP contribution < -0.4 is 11.1 Å². The quantitative estimate of drug-likeness (QED) is 0.0688. The molecule has 16 heteroatoms. The highest BCUT2D eigenvalue weighted by Crippen LogP contribution is 2.45. The third kappa shape index (κ3) is 7.08. The van der Waals surface area contributed by atoms with Gasteiger partial charge < -0.3 is 20.6 Å². The number of aromatic amines is 1. The molecule has 0 spiro atoms. The van der Waals surface area contributed by atoms with Crippen LogP contribution in [0.25, 0.3) is 0 Å². The molecule has 2 aromatic carbocycles. The van der Waals surface area contributed by atoms with Gasteiger partial charge in [0.05, 0.1) is 6.20 Å². The van der Waals surface area contributed by atoms with E-state index in [-0.39, 0.29) is 22.2 Å². The van der Waals surface area contributed by atoms with Crippen LogP contribution in [0.4, 0.5) is 5.13 Å². The molecular formula is C31H27N7O6S3.